The Labute approximate surface area is 195 Å². The van der Waals surface area contributed by atoms with E-state index in [-0.39, 0.29) is 32.1 Å². The number of halogens is 3. The lowest BCUT2D eigenvalue weighted by Crippen LogP contribution is -2.53. The third-order valence-corrected chi connectivity index (χ3v) is 7.05. The maximum Gasteiger partial charge on any atom is 0.417 e. The SMILES string of the molecule is CC1CCC2(CC1)NC(=O)N(CC(=O)N1CCN(C(=O)c3ccccc3C(F)(F)F)CC1)C2=O. The zero-order valence-electron chi connectivity index (χ0n) is 18.9. The van der Waals surface area contributed by atoms with Crippen LogP contribution in [0.2, 0.25) is 0 Å². The highest BCUT2D eigenvalue weighted by Gasteiger charge is 2.52. The van der Waals surface area contributed by atoms with Crippen LogP contribution in [0.1, 0.15) is 48.5 Å². The Morgan fingerprint density at radius 3 is 2.24 bits per heavy atom. The van der Waals surface area contributed by atoms with E-state index in [4.69, 9.17) is 0 Å². The van der Waals surface area contributed by atoms with Gasteiger partial charge in [0, 0.05) is 26.2 Å². The molecule has 11 heteroatoms. The van der Waals surface area contributed by atoms with Gasteiger partial charge in [0.1, 0.15) is 12.1 Å². The van der Waals surface area contributed by atoms with Crippen LogP contribution in [0.15, 0.2) is 24.3 Å². The minimum Gasteiger partial charge on any atom is -0.338 e. The second-order valence-electron chi connectivity index (χ2n) is 9.30. The van der Waals surface area contributed by atoms with Crippen LogP contribution in [0.4, 0.5) is 18.0 Å². The van der Waals surface area contributed by atoms with Crippen molar-refractivity contribution in [2.24, 2.45) is 5.92 Å². The van der Waals surface area contributed by atoms with Gasteiger partial charge in [0.05, 0.1) is 11.1 Å². The summed E-state index contributed by atoms with van der Waals surface area (Å²) in [6, 6.07) is 4.03. The summed E-state index contributed by atoms with van der Waals surface area (Å²) in [5.41, 5.74) is -2.36. The molecule has 1 aliphatic carbocycles. The molecule has 5 amide bonds. The predicted octanol–water partition coefficient (Wildman–Crippen LogP) is 2.49. The van der Waals surface area contributed by atoms with Gasteiger partial charge in [-0.3, -0.25) is 19.3 Å². The average Bonchev–Trinajstić information content (AvgIpc) is 3.04. The van der Waals surface area contributed by atoms with Crippen LogP contribution in [0.3, 0.4) is 0 Å². The van der Waals surface area contributed by atoms with Crippen molar-refractivity contribution in [3.8, 4) is 0 Å². The molecule has 184 valence electrons. The smallest absolute Gasteiger partial charge is 0.338 e. The van der Waals surface area contributed by atoms with Gasteiger partial charge >= 0.3 is 12.2 Å². The summed E-state index contributed by atoms with van der Waals surface area (Å²) in [5, 5.41) is 2.78. The number of carbonyl (C=O) groups is 4. The lowest BCUT2D eigenvalue weighted by atomic mass is 9.77. The maximum atomic E-state index is 13.3. The van der Waals surface area contributed by atoms with Gasteiger partial charge in [-0.05, 0) is 43.7 Å². The molecule has 3 aliphatic rings. The number of piperazine rings is 1. The number of rotatable bonds is 3. The molecule has 1 saturated carbocycles. The quantitative estimate of drug-likeness (QED) is 0.674. The van der Waals surface area contributed by atoms with E-state index in [2.05, 4.69) is 12.2 Å². The molecule has 1 spiro atoms. The third-order valence-electron chi connectivity index (χ3n) is 7.05. The fraction of sp³-hybridized carbons (Fsp3) is 0.565. The summed E-state index contributed by atoms with van der Waals surface area (Å²) >= 11 is 0. The van der Waals surface area contributed by atoms with Gasteiger partial charge in [0.25, 0.3) is 11.8 Å². The number of alkyl halides is 3. The molecule has 1 aromatic carbocycles. The lowest BCUT2D eigenvalue weighted by molar-refractivity contribution is -0.140. The molecule has 8 nitrogen and oxygen atoms in total. The molecule has 0 unspecified atom stereocenters. The molecule has 1 aromatic rings. The Morgan fingerprint density at radius 2 is 1.62 bits per heavy atom. The van der Waals surface area contributed by atoms with E-state index < -0.39 is 47.2 Å². The van der Waals surface area contributed by atoms with Crippen molar-refractivity contribution in [2.75, 3.05) is 32.7 Å². The van der Waals surface area contributed by atoms with Crippen molar-refractivity contribution in [3.05, 3.63) is 35.4 Å². The molecule has 2 aliphatic heterocycles. The number of amides is 5. The van der Waals surface area contributed by atoms with Gasteiger partial charge in [0.15, 0.2) is 0 Å². The number of carbonyl (C=O) groups excluding carboxylic acids is 4. The Balaban J connectivity index is 1.35. The first-order valence-corrected chi connectivity index (χ1v) is 11.4. The minimum atomic E-state index is -4.65. The van der Waals surface area contributed by atoms with Crippen molar-refractivity contribution in [1.29, 1.82) is 0 Å². The summed E-state index contributed by atoms with van der Waals surface area (Å²) in [4.78, 5) is 54.6. The molecule has 4 rings (SSSR count). The maximum absolute atomic E-state index is 13.3. The van der Waals surface area contributed by atoms with E-state index in [9.17, 15) is 32.3 Å². The number of hydrogen-bond acceptors (Lipinski definition) is 4. The summed E-state index contributed by atoms with van der Waals surface area (Å²) in [7, 11) is 0. The van der Waals surface area contributed by atoms with E-state index >= 15 is 0 Å². The van der Waals surface area contributed by atoms with Gasteiger partial charge in [-0.15, -0.1) is 0 Å². The zero-order valence-corrected chi connectivity index (χ0v) is 18.9. The molecule has 0 aromatic heterocycles. The molecule has 3 fully saturated rings. The molecule has 2 heterocycles. The summed E-state index contributed by atoms with van der Waals surface area (Å²) in [6.45, 7) is 2.02. The molecule has 0 bridgehead atoms. The molecular formula is C23H27F3N4O4. The van der Waals surface area contributed by atoms with Gasteiger partial charge in [0.2, 0.25) is 5.91 Å². The van der Waals surface area contributed by atoms with Gasteiger partial charge in [-0.25, -0.2) is 4.79 Å². The van der Waals surface area contributed by atoms with E-state index in [0.29, 0.717) is 18.8 Å². The molecular weight excluding hydrogens is 453 g/mol. The predicted molar refractivity (Wildman–Crippen MR) is 115 cm³/mol. The number of nitrogens with zero attached hydrogens (tertiary/aromatic N) is 3. The topological polar surface area (TPSA) is 90.0 Å². The van der Waals surface area contributed by atoms with Gasteiger partial charge in [-0.2, -0.15) is 13.2 Å². The lowest BCUT2D eigenvalue weighted by Gasteiger charge is -2.36. The summed E-state index contributed by atoms with van der Waals surface area (Å²) in [5.74, 6) is -1.08. The normalized spacial score (nSPS) is 25.6. The fourth-order valence-corrected chi connectivity index (χ4v) is 4.89. The number of benzene rings is 1. The number of hydrogen-bond donors (Lipinski definition) is 1. The van der Waals surface area contributed by atoms with Crippen molar-refractivity contribution in [1.82, 2.24) is 20.0 Å². The standard InChI is InChI=1S/C23H27F3N4O4/c1-15-6-8-22(9-7-15)20(33)30(21(34)27-22)14-18(31)28-10-12-29(13-11-28)19(32)16-4-2-3-5-17(16)23(24,25)26/h2-5,15H,6-14H2,1H3,(H,27,34). The summed E-state index contributed by atoms with van der Waals surface area (Å²) in [6.07, 6.45) is -1.92. The third kappa shape index (κ3) is 4.47. The van der Waals surface area contributed by atoms with E-state index in [1.165, 1.54) is 21.9 Å². The number of nitrogens with one attached hydrogen (secondary N) is 1. The Bertz CT molecular complexity index is 996. The zero-order chi connectivity index (χ0) is 24.7. The Hall–Kier alpha value is -3.11. The van der Waals surface area contributed by atoms with Crippen LogP contribution in [-0.2, 0) is 15.8 Å². The van der Waals surface area contributed by atoms with Crippen LogP contribution in [-0.4, -0.2) is 76.7 Å². The number of imide groups is 1. The molecule has 0 atom stereocenters. The average molecular weight is 480 g/mol. The first kappa shape index (κ1) is 24.0. The molecule has 1 N–H and O–H groups in total. The van der Waals surface area contributed by atoms with Crippen molar-refractivity contribution < 1.29 is 32.3 Å². The van der Waals surface area contributed by atoms with Crippen molar-refractivity contribution in [3.63, 3.8) is 0 Å². The minimum absolute atomic E-state index is 0.0543. The first-order chi connectivity index (χ1) is 16.0. The second kappa shape index (κ2) is 8.92. The molecule has 34 heavy (non-hydrogen) atoms. The van der Waals surface area contributed by atoms with Crippen molar-refractivity contribution >= 4 is 23.8 Å². The van der Waals surface area contributed by atoms with Crippen LogP contribution in [0.5, 0.6) is 0 Å². The van der Waals surface area contributed by atoms with Crippen LogP contribution in [0, 0.1) is 5.92 Å². The monoisotopic (exact) mass is 480 g/mol. The Kier molecular flexibility index (Phi) is 6.30. The van der Waals surface area contributed by atoms with Crippen molar-refractivity contribution in [2.45, 2.75) is 44.3 Å². The van der Waals surface area contributed by atoms with E-state index in [1.54, 1.807) is 0 Å². The highest BCUT2D eigenvalue weighted by atomic mass is 19.4. The number of urea groups is 1. The molecule has 0 radical (unpaired) electrons. The fourth-order valence-electron chi connectivity index (χ4n) is 4.89. The highest BCUT2D eigenvalue weighted by molar-refractivity contribution is 6.09. The highest BCUT2D eigenvalue weighted by Crippen LogP contribution is 2.36. The first-order valence-electron chi connectivity index (χ1n) is 11.4. The Morgan fingerprint density at radius 1 is 1.03 bits per heavy atom. The largest absolute Gasteiger partial charge is 0.417 e. The molecule has 2 saturated heterocycles. The van der Waals surface area contributed by atoms with Crippen LogP contribution >= 0.6 is 0 Å². The van der Waals surface area contributed by atoms with E-state index in [1.807, 2.05) is 0 Å². The van der Waals surface area contributed by atoms with Gasteiger partial charge in [-0.1, -0.05) is 19.1 Å². The summed E-state index contributed by atoms with van der Waals surface area (Å²) < 4.78 is 39.8. The van der Waals surface area contributed by atoms with Gasteiger partial charge < -0.3 is 15.1 Å². The van der Waals surface area contributed by atoms with Crippen LogP contribution in [0.25, 0.3) is 0 Å². The van der Waals surface area contributed by atoms with Crippen LogP contribution < -0.4 is 5.32 Å². The van der Waals surface area contributed by atoms with E-state index in [0.717, 1.165) is 29.9 Å². The second-order valence-corrected chi connectivity index (χ2v) is 9.30.